The van der Waals surface area contributed by atoms with Crippen molar-refractivity contribution in [2.75, 3.05) is 18.0 Å². The molecular formula is C29H31Cl2N5OS2. The van der Waals surface area contributed by atoms with Crippen LogP contribution in [0.4, 0.5) is 5.95 Å². The number of nitrogens with zero attached hydrogens (tertiary/aromatic N) is 4. The molecule has 1 aliphatic heterocycles. The van der Waals surface area contributed by atoms with Crippen LogP contribution in [0.5, 0.6) is 0 Å². The fraction of sp³-hybridized carbons (Fsp3) is 0.379. The number of aromatic nitrogens is 3. The van der Waals surface area contributed by atoms with Gasteiger partial charge in [-0.3, -0.25) is 4.40 Å². The van der Waals surface area contributed by atoms with E-state index in [0.29, 0.717) is 10.0 Å². The van der Waals surface area contributed by atoms with E-state index in [9.17, 15) is 4.55 Å². The fourth-order valence-electron chi connectivity index (χ4n) is 5.75. The van der Waals surface area contributed by atoms with Crippen LogP contribution in [-0.4, -0.2) is 36.8 Å². The highest BCUT2D eigenvalue weighted by Crippen LogP contribution is 2.53. The summed E-state index contributed by atoms with van der Waals surface area (Å²) in [5, 5.41) is 1.06. The summed E-state index contributed by atoms with van der Waals surface area (Å²) in [5.74, 6) is 0.886. The maximum atomic E-state index is 13.2. The van der Waals surface area contributed by atoms with E-state index in [4.69, 9.17) is 28.2 Å². The molecule has 2 aromatic heterocycles. The van der Waals surface area contributed by atoms with Crippen molar-refractivity contribution in [3.63, 3.8) is 0 Å². The van der Waals surface area contributed by atoms with E-state index in [1.807, 2.05) is 51.5 Å². The zero-order chi connectivity index (χ0) is 27.4. The Bertz CT molecular complexity index is 1510. The van der Waals surface area contributed by atoms with E-state index in [-0.39, 0.29) is 16.2 Å². The van der Waals surface area contributed by atoms with Gasteiger partial charge in [0.25, 0.3) is 0 Å². The number of rotatable bonds is 5. The van der Waals surface area contributed by atoms with Crippen molar-refractivity contribution in [2.24, 2.45) is 5.41 Å². The first-order chi connectivity index (χ1) is 18.7. The lowest BCUT2D eigenvalue weighted by molar-refractivity contribution is 0.175. The van der Waals surface area contributed by atoms with Gasteiger partial charge in [-0.15, -0.1) is 4.72 Å². The standard InChI is InChI=1S/C29H31Cl2N5OS2/c1-28(2,3)39(37)34-25-20-8-5-4-7-19(20)17-29(25)11-14-35(15-12-29)27-33-18-23(26-32-13-16-36(26)27)38-22-10-6-9-21(30)24(22)31/h4-10,13,16,18,25,34H,11-12,14-15,17H2,1-3H3/t25-,39?/m1/s1. The lowest BCUT2D eigenvalue weighted by Crippen LogP contribution is -2.50. The molecule has 39 heavy (non-hydrogen) atoms. The molecular weight excluding hydrogens is 569 g/mol. The van der Waals surface area contributed by atoms with Crippen molar-refractivity contribution in [3.8, 4) is 0 Å². The second-order valence-corrected chi connectivity index (χ2v) is 15.2. The summed E-state index contributed by atoms with van der Waals surface area (Å²) in [4.78, 5) is 13.7. The van der Waals surface area contributed by atoms with Gasteiger partial charge in [-0.25, -0.2) is 9.97 Å². The number of piperidine rings is 1. The molecule has 0 bridgehead atoms. The third-order valence-corrected chi connectivity index (χ3v) is 11.4. The number of imidazole rings is 1. The minimum Gasteiger partial charge on any atom is -0.598 e. The highest BCUT2D eigenvalue weighted by atomic mass is 35.5. The van der Waals surface area contributed by atoms with Crippen LogP contribution in [0.3, 0.4) is 0 Å². The number of fused-ring (bicyclic) bond motifs is 2. The van der Waals surface area contributed by atoms with Crippen LogP contribution in [0.15, 0.2) is 70.8 Å². The second kappa shape index (κ2) is 10.5. The quantitative estimate of drug-likeness (QED) is 0.246. The Morgan fingerprint density at radius 3 is 2.59 bits per heavy atom. The maximum Gasteiger partial charge on any atom is 0.211 e. The Morgan fingerprint density at radius 2 is 1.82 bits per heavy atom. The molecule has 1 unspecified atom stereocenters. The first kappa shape index (κ1) is 27.2. The molecule has 204 valence electrons. The second-order valence-electron chi connectivity index (χ2n) is 11.4. The molecule has 1 fully saturated rings. The molecule has 6 rings (SSSR count). The van der Waals surface area contributed by atoms with E-state index in [0.717, 1.165) is 53.7 Å². The molecule has 0 saturated carbocycles. The van der Waals surface area contributed by atoms with E-state index in [2.05, 4.69) is 43.3 Å². The third kappa shape index (κ3) is 5.04. The number of benzene rings is 2. The predicted molar refractivity (Wildman–Crippen MR) is 161 cm³/mol. The summed E-state index contributed by atoms with van der Waals surface area (Å²) in [6, 6.07) is 14.3. The molecule has 0 amide bonds. The number of hydrogen-bond acceptors (Lipinski definition) is 6. The van der Waals surface area contributed by atoms with Gasteiger partial charge in [-0.05, 0) is 63.3 Å². The van der Waals surface area contributed by atoms with Gasteiger partial charge in [0.15, 0.2) is 5.65 Å². The van der Waals surface area contributed by atoms with Crippen LogP contribution in [0, 0.1) is 5.41 Å². The summed E-state index contributed by atoms with van der Waals surface area (Å²) in [5.41, 5.74) is 3.52. The lowest BCUT2D eigenvalue weighted by Gasteiger charge is -2.44. The van der Waals surface area contributed by atoms with E-state index in [1.165, 1.54) is 22.9 Å². The van der Waals surface area contributed by atoms with Crippen LogP contribution < -0.4 is 9.62 Å². The summed E-state index contributed by atoms with van der Waals surface area (Å²) in [7, 11) is 0. The number of halogens is 2. The van der Waals surface area contributed by atoms with Crippen LogP contribution in [0.2, 0.25) is 10.0 Å². The van der Waals surface area contributed by atoms with E-state index >= 15 is 0 Å². The van der Waals surface area contributed by atoms with Crippen LogP contribution >= 0.6 is 35.0 Å². The smallest absolute Gasteiger partial charge is 0.211 e. The van der Waals surface area contributed by atoms with E-state index < -0.39 is 11.4 Å². The highest BCUT2D eigenvalue weighted by molar-refractivity contribution is 7.99. The summed E-state index contributed by atoms with van der Waals surface area (Å²) >= 11 is 13.0. The summed E-state index contributed by atoms with van der Waals surface area (Å²) in [6.07, 6.45) is 8.62. The maximum absolute atomic E-state index is 13.2. The van der Waals surface area contributed by atoms with Gasteiger partial charge in [-0.1, -0.05) is 65.3 Å². The van der Waals surface area contributed by atoms with Gasteiger partial charge in [0.1, 0.15) is 4.75 Å². The molecule has 1 N–H and O–H groups in total. The van der Waals surface area contributed by atoms with Gasteiger partial charge in [-0.2, -0.15) is 0 Å². The topological polar surface area (TPSA) is 68.5 Å². The largest absolute Gasteiger partial charge is 0.598 e. The van der Waals surface area contributed by atoms with Crippen LogP contribution in [0.25, 0.3) is 5.65 Å². The van der Waals surface area contributed by atoms with Crippen molar-refractivity contribution in [3.05, 3.63) is 82.2 Å². The first-order valence-corrected chi connectivity index (χ1v) is 15.8. The number of anilines is 1. The van der Waals surface area contributed by atoms with Crippen LogP contribution in [0.1, 0.15) is 50.8 Å². The van der Waals surface area contributed by atoms with Gasteiger partial charge in [0.2, 0.25) is 5.95 Å². The van der Waals surface area contributed by atoms with Gasteiger partial charge in [0, 0.05) is 53.4 Å². The molecule has 1 spiro atoms. The summed E-state index contributed by atoms with van der Waals surface area (Å²) < 4.78 is 18.5. The Kier molecular flexibility index (Phi) is 7.31. The average Bonchev–Trinajstić information content (AvgIpc) is 3.51. The Hall–Kier alpha value is -1.94. The molecule has 2 aromatic carbocycles. The first-order valence-electron chi connectivity index (χ1n) is 13.1. The molecule has 2 atom stereocenters. The third-order valence-electron chi connectivity index (χ3n) is 7.85. The normalized spacial score (nSPS) is 19.5. The molecule has 2 aliphatic rings. The Balaban J connectivity index is 1.25. The molecule has 1 saturated heterocycles. The Morgan fingerprint density at radius 1 is 1.05 bits per heavy atom. The molecule has 3 heterocycles. The van der Waals surface area contributed by atoms with Crippen molar-refractivity contribution in [2.45, 2.75) is 60.6 Å². The number of hydrogen-bond donors (Lipinski definition) is 1. The van der Waals surface area contributed by atoms with Crippen molar-refractivity contribution in [1.29, 1.82) is 0 Å². The zero-order valence-electron chi connectivity index (χ0n) is 22.2. The van der Waals surface area contributed by atoms with Crippen molar-refractivity contribution in [1.82, 2.24) is 19.1 Å². The van der Waals surface area contributed by atoms with Gasteiger partial charge < -0.3 is 9.45 Å². The minimum absolute atomic E-state index is 0.0221. The van der Waals surface area contributed by atoms with E-state index in [1.54, 1.807) is 6.07 Å². The van der Waals surface area contributed by atoms with Crippen molar-refractivity contribution >= 4 is 57.9 Å². The Labute approximate surface area is 246 Å². The highest BCUT2D eigenvalue weighted by Gasteiger charge is 2.50. The van der Waals surface area contributed by atoms with Crippen molar-refractivity contribution < 1.29 is 4.55 Å². The minimum atomic E-state index is -1.15. The molecule has 0 radical (unpaired) electrons. The zero-order valence-corrected chi connectivity index (χ0v) is 25.3. The monoisotopic (exact) mass is 599 g/mol. The average molecular weight is 601 g/mol. The lowest BCUT2D eigenvalue weighted by atomic mass is 9.73. The van der Waals surface area contributed by atoms with Crippen LogP contribution in [-0.2, 0) is 17.8 Å². The SMILES string of the molecule is CC(C)(C)[S+]([O-])N[C@@H]1c2ccccc2CC12CCN(c1ncc(Sc3cccc(Cl)c3Cl)c3nccn13)CC2. The fourth-order valence-corrected chi connectivity index (χ4v) is 8.10. The van der Waals surface area contributed by atoms with Gasteiger partial charge in [0.05, 0.1) is 21.0 Å². The molecule has 4 aromatic rings. The molecule has 1 aliphatic carbocycles. The molecule has 6 nitrogen and oxygen atoms in total. The summed E-state index contributed by atoms with van der Waals surface area (Å²) in [6.45, 7) is 7.80. The predicted octanol–water partition coefficient (Wildman–Crippen LogP) is 7.12. The number of nitrogens with one attached hydrogen (secondary N) is 1. The molecule has 10 heteroatoms. The van der Waals surface area contributed by atoms with Gasteiger partial charge >= 0.3 is 0 Å².